The normalized spacial score (nSPS) is 21.4. The lowest BCUT2D eigenvalue weighted by Crippen LogP contribution is -2.47. The number of carbonyl (C=O) groups excluding carboxylic acids is 1. The van der Waals surface area contributed by atoms with Gasteiger partial charge in [0.05, 0.1) is 12.1 Å². The molecule has 1 amide bonds. The number of carboxylic acids is 1. The number of nitrogens with zero attached hydrogens (tertiary/aromatic N) is 3. The molecule has 1 atom stereocenters. The topological polar surface area (TPSA) is 74.9 Å². The predicted molar refractivity (Wildman–Crippen MR) is 76.2 cm³/mol. The van der Waals surface area contributed by atoms with Crippen LogP contribution in [-0.4, -0.2) is 50.5 Å². The van der Waals surface area contributed by atoms with E-state index in [0.29, 0.717) is 11.3 Å². The average Bonchev–Trinajstić information content (AvgIpc) is 3.10. The number of carbonyl (C=O) groups is 2. The Morgan fingerprint density at radius 1 is 1.33 bits per heavy atom. The van der Waals surface area contributed by atoms with Gasteiger partial charge in [0.15, 0.2) is 5.41 Å². The Labute approximate surface area is 134 Å². The number of aromatic nitrogens is 2. The molecule has 3 rings (SSSR count). The number of alkyl halides is 3. The first kappa shape index (κ1) is 16.3. The SMILES string of the molecule is O=C(Cc1cn2ccccc2n1)N1CCC(C(=O)O)(C(F)(F)F)C1. The van der Waals surface area contributed by atoms with Gasteiger partial charge in [-0.25, -0.2) is 4.98 Å². The second-order valence-electron chi connectivity index (χ2n) is 5.83. The van der Waals surface area contributed by atoms with Crippen LogP contribution in [0.25, 0.3) is 5.65 Å². The van der Waals surface area contributed by atoms with Crippen LogP contribution in [0, 0.1) is 5.41 Å². The smallest absolute Gasteiger partial charge is 0.406 e. The lowest BCUT2D eigenvalue weighted by atomic mass is 9.86. The van der Waals surface area contributed by atoms with Crippen molar-refractivity contribution in [3.63, 3.8) is 0 Å². The summed E-state index contributed by atoms with van der Waals surface area (Å²) in [6, 6.07) is 5.30. The van der Waals surface area contributed by atoms with Gasteiger partial charge in [0, 0.05) is 25.5 Å². The first-order valence-corrected chi connectivity index (χ1v) is 7.23. The summed E-state index contributed by atoms with van der Waals surface area (Å²) < 4.78 is 41.1. The number of hydrogen-bond donors (Lipinski definition) is 1. The second-order valence-corrected chi connectivity index (χ2v) is 5.83. The zero-order valence-corrected chi connectivity index (χ0v) is 12.5. The van der Waals surface area contributed by atoms with Gasteiger partial charge in [-0.15, -0.1) is 0 Å². The molecule has 0 spiro atoms. The highest BCUT2D eigenvalue weighted by molar-refractivity contribution is 5.82. The fraction of sp³-hybridized carbons (Fsp3) is 0.400. The summed E-state index contributed by atoms with van der Waals surface area (Å²) in [6.45, 7) is -1.10. The molecule has 1 saturated heterocycles. The van der Waals surface area contributed by atoms with Crippen LogP contribution in [0.15, 0.2) is 30.6 Å². The van der Waals surface area contributed by atoms with Crippen LogP contribution < -0.4 is 0 Å². The second kappa shape index (κ2) is 5.50. The van der Waals surface area contributed by atoms with Gasteiger partial charge in [-0.3, -0.25) is 9.59 Å². The van der Waals surface area contributed by atoms with E-state index in [2.05, 4.69) is 4.98 Å². The zero-order valence-electron chi connectivity index (χ0n) is 12.5. The molecule has 3 heterocycles. The summed E-state index contributed by atoms with van der Waals surface area (Å²) in [4.78, 5) is 28.6. The number of pyridine rings is 1. The maximum Gasteiger partial charge on any atom is 0.406 e. The van der Waals surface area contributed by atoms with E-state index in [1.165, 1.54) is 0 Å². The molecule has 0 radical (unpaired) electrons. The molecule has 128 valence electrons. The highest BCUT2D eigenvalue weighted by Crippen LogP contribution is 2.45. The molecule has 1 unspecified atom stereocenters. The number of rotatable bonds is 3. The molecule has 9 heteroatoms. The van der Waals surface area contributed by atoms with Gasteiger partial charge in [0.2, 0.25) is 5.91 Å². The number of amides is 1. The van der Waals surface area contributed by atoms with Crippen LogP contribution in [0.2, 0.25) is 0 Å². The number of halogens is 3. The molecule has 0 bridgehead atoms. The maximum absolute atomic E-state index is 13.1. The van der Waals surface area contributed by atoms with Gasteiger partial charge in [0.25, 0.3) is 0 Å². The molecular weight excluding hydrogens is 327 g/mol. The minimum absolute atomic E-state index is 0.171. The van der Waals surface area contributed by atoms with Crippen molar-refractivity contribution in [2.24, 2.45) is 5.41 Å². The Morgan fingerprint density at radius 2 is 2.08 bits per heavy atom. The minimum Gasteiger partial charge on any atom is -0.481 e. The number of fused-ring (bicyclic) bond motifs is 1. The summed E-state index contributed by atoms with van der Waals surface area (Å²) >= 11 is 0. The molecule has 6 nitrogen and oxygen atoms in total. The van der Waals surface area contributed by atoms with Gasteiger partial charge >= 0.3 is 12.1 Å². The van der Waals surface area contributed by atoms with Crippen molar-refractivity contribution < 1.29 is 27.9 Å². The van der Waals surface area contributed by atoms with Crippen LogP contribution in [0.5, 0.6) is 0 Å². The molecule has 0 saturated carbocycles. The molecule has 0 aromatic carbocycles. The number of hydrogen-bond acceptors (Lipinski definition) is 3. The van der Waals surface area contributed by atoms with Gasteiger partial charge in [-0.05, 0) is 18.6 Å². The molecule has 1 aliphatic heterocycles. The summed E-state index contributed by atoms with van der Waals surface area (Å²) in [7, 11) is 0. The van der Waals surface area contributed by atoms with Crippen molar-refractivity contribution in [3.8, 4) is 0 Å². The van der Waals surface area contributed by atoms with Crippen LogP contribution >= 0.6 is 0 Å². The lowest BCUT2D eigenvalue weighted by Gasteiger charge is -2.27. The Hall–Kier alpha value is -2.58. The first-order chi connectivity index (χ1) is 11.2. The quantitative estimate of drug-likeness (QED) is 0.923. The summed E-state index contributed by atoms with van der Waals surface area (Å²) in [5.74, 6) is -2.51. The Kier molecular flexibility index (Phi) is 3.73. The van der Waals surface area contributed by atoms with Crippen molar-refractivity contribution in [1.29, 1.82) is 0 Å². The zero-order chi connectivity index (χ0) is 17.5. The first-order valence-electron chi connectivity index (χ1n) is 7.23. The van der Waals surface area contributed by atoms with Crippen molar-refractivity contribution in [1.82, 2.24) is 14.3 Å². The molecule has 0 aliphatic carbocycles. The van der Waals surface area contributed by atoms with E-state index in [1.54, 1.807) is 35.0 Å². The third-order valence-corrected chi connectivity index (χ3v) is 4.32. The van der Waals surface area contributed by atoms with E-state index in [-0.39, 0.29) is 13.0 Å². The number of imidazole rings is 1. The molecule has 1 fully saturated rings. The van der Waals surface area contributed by atoms with Crippen LogP contribution in [0.1, 0.15) is 12.1 Å². The largest absolute Gasteiger partial charge is 0.481 e. The Balaban J connectivity index is 1.75. The van der Waals surface area contributed by atoms with E-state index in [4.69, 9.17) is 5.11 Å². The number of likely N-dealkylation sites (tertiary alicyclic amines) is 1. The average molecular weight is 341 g/mol. The Bertz CT molecular complexity index is 769. The predicted octanol–water partition coefficient (Wildman–Crippen LogP) is 1.74. The van der Waals surface area contributed by atoms with Crippen molar-refractivity contribution >= 4 is 17.5 Å². The van der Waals surface area contributed by atoms with Gasteiger partial charge < -0.3 is 14.4 Å². The van der Waals surface area contributed by atoms with Crippen molar-refractivity contribution in [2.45, 2.75) is 19.0 Å². The van der Waals surface area contributed by atoms with E-state index in [1.807, 2.05) is 0 Å². The third-order valence-electron chi connectivity index (χ3n) is 4.32. The molecule has 2 aromatic rings. The van der Waals surface area contributed by atoms with E-state index in [9.17, 15) is 22.8 Å². The van der Waals surface area contributed by atoms with E-state index in [0.717, 1.165) is 4.90 Å². The standard InChI is InChI=1S/C15H14F3N3O3/c16-15(17,18)14(13(23)24)4-6-21(9-14)12(22)7-10-8-20-5-2-1-3-11(20)19-10/h1-3,5,8H,4,6-7,9H2,(H,23,24). The van der Waals surface area contributed by atoms with Crippen molar-refractivity contribution in [3.05, 3.63) is 36.3 Å². The van der Waals surface area contributed by atoms with Gasteiger partial charge in [0.1, 0.15) is 5.65 Å². The fourth-order valence-corrected chi connectivity index (χ4v) is 2.89. The van der Waals surface area contributed by atoms with Gasteiger partial charge in [-0.1, -0.05) is 6.07 Å². The minimum atomic E-state index is -4.91. The van der Waals surface area contributed by atoms with Crippen molar-refractivity contribution in [2.75, 3.05) is 13.1 Å². The summed E-state index contributed by atoms with van der Waals surface area (Å²) in [5.41, 5.74) is -1.84. The van der Waals surface area contributed by atoms with Crippen LogP contribution in [-0.2, 0) is 16.0 Å². The molecular formula is C15H14F3N3O3. The highest BCUT2D eigenvalue weighted by atomic mass is 19.4. The molecule has 1 N–H and O–H groups in total. The maximum atomic E-state index is 13.1. The Morgan fingerprint density at radius 3 is 2.67 bits per heavy atom. The number of aliphatic carboxylic acids is 1. The van der Waals surface area contributed by atoms with Crippen LogP contribution in [0.4, 0.5) is 13.2 Å². The van der Waals surface area contributed by atoms with Gasteiger partial charge in [-0.2, -0.15) is 13.2 Å². The number of carboxylic acid groups (broad SMARTS) is 1. The monoisotopic (exact) mass is 341 g/mol. The summed E-state index contributed by atoms with van der Waals surface area (Å²) in [5, 5.41) is 9.01. The molecule has 1 aliphatic rings. The molecule has 2 aromatic heterocycles. The highest BCUT2D eigenvalue weighted by Gasteiger charge is 2.64. The molecule has 24 heavy (non-hydrogen) atoms. The lowest BCUT2D eigenvalue weighted by molar-refractivity contribution is -0.227. The summed E-state index contributed by atoms with van der Waals surface area (Å²) in [6.07, 6.45) is -2.35. The fourth-order valence-electron chi connectivity index (χ4n) is 2.89. The van der Waals surface area contributed by atoms with E-state index < -0.39 is 36.4 Å². The van der Waals surface area contributed by atoms with Crippen LogP contribution in [0.3, 0.4) is 0 Å². The van der Waals surface area contributed by atoms with E-state index >= 15 is 0 Å². The third kappa shape index (κ3) is 2.59.